The maximum absolute atomic E-state index is 2.28. The highest BCUT2D eigenvalue weighted by Gasteiger charge is 2.11. The molecule has 0 aromatic heterocycles. The molecule has 1 heteroatoms. The van der Waals surface area contributed by atoms with Crippen LogP contribution in [-0.4, -0.2) is 4.75 Å². The molecule has 0 fully saturated rings. The van der Waals surface area contributed by atoms with Crippen LogP contribution in [0.25, 0.3) is 5.57 Å². The van der Waals surface area contributed by atoms with E-state index in [0.29, 0.717) is 0 Å². The number of rotatable bonds is 3. The van der Waals surface area contributed by atoms with Gasteiger partial charge in [-0.15, -0.1) is 11.8 Å². The van der Waals surface area contributed by atoms with Gasteiger partial charge in [0.25, 0.3) is 0 Å². The molecule has 98 valence electrons. The first-order valence-electron chi connectivity index (χ1n) is 6.55. The molecule has 0 saturated heterocycles. The number of hydrogen-bond acceptors (Lipinski definition) is 1. The lowest BCUT2D eigenvalue weighted by molar-refractivity contribution is 0.808. The summed E-state index contributed by atoms with van der Waals surface area (Å²) < 4.78 is 0.231. The van der Waals surface area contributed by atoms with Gasteiger partial charge in [-0.1, -0.05) is 81.4 Å². The fourth-order valence-corrected chi connectivity index (χ4v) is 2.52. The van der Waals surface area contributed by atoms with Gasteiger partial charge in [0.1, 0.15) is 0 Å². The van der Waals surface area contributed by atoms with Gasteiger partial charge in [0.15, 0.2) is 0 Å². The van der Waals surface area contributed by atoms with Crippen LogP contribution in [0.1, 0.15) is 31.9 Å². The normalized spacial score (nSPS) is 11.1. The van der Waals surface area contributed by atoms with Crippen molar-refractivity contribution in [3.8, 4) is 0 Å². The van der Waals surface area contributed by atoms with Crippen LogP contribution in [0.2, 0.25) is 0 Å². The Morgan fingerprint density at radius 1 is 0.789 bits per heavy atom. The Morgan fingerprint density at radius 3 is 1.58 bits per heavy atom. The first kappa shape index (κ1) is 14.0. The van der Waals surface area contributed by atoms with Crippen molar-refractivity contribution in [1.29, 1.82) is 0 Å². The first-order valence-corrected chi connectivity index (χ1v) is 7.43. The van der Waals surface area contributed by atoms with E-state index in [4.69, 9.17) is 0 Å². The summed E-state index contributed by atoms with van der Waals surface area (Å²) in [6, 6.07) is 21.2. The highest BCUT2D eigenvalue weighted by molar-refractivity contribution is 8.03. The van der Waals surface area contributed by atoms with E-state index in [0.717, 1.165) is 0 Å². The third-order valence-corrected chi connectivity index (χ3v) is 3.76. The highest BCUT2D eigenvalue weighted by Crippen LogP contribution is 2.31. The first-order chi connectivity index (χ1) is 9.06. The molecule has 0 aliphatic heterocycles. The second kappa shape index (κ2) is 6.12. The van der Waals surface area contributed by atoms with E-state index in [1.807, 2.05) is 11.8 Å². The Labute approximate surface area is 120 Å². The molecule has 0 amide bonds. The number of benzene rings is 2. The topological polar surface area (TPSA) is 0 Å². The lowest BCUT2D eigenvalue weighted by Gasteiger charge is -2.16. The summed E-state index contributed by atoms with van der Waals surface area (Å²) in [6.07, 6.45) is 0. The van der Waals surface area contributed by atoms with E-state index in [9.17, 15) is 0 Å². The van der Waals surface area contributed by atoms with Crippen molar-refractivity contribution in [3.05, 3.63) is 77.2 Å². The van der Waals surface area contributed by atoms with Crippen molar-refractivity contribution in [2.75, 3.05) is 0 Å². The SMILES string of the molecule is CC(C)(C)SC=C(c1ccccc1)c1ccccc1. The van der Waals surface area contributed by atoms with E-state index in [1.54, 1.807) is 0 Å². The van der Waals surface area contributed by atoms with E-state index in [1.165, 1.54) is 16.7 Å². The van der Waals surface area contributed by atoms with Crippen LogP contribution in [0.5, 0.6) is 0 Å². The van der Waals surface area contributed by atoms with Crippen LogP contribution in [0.3, 0.4) is 0 Å². The highest BCUT2D eigenvalue weighted by atomic mass is 32.2. The van der Waals surface area contributed by atoms with Gasteiger partial charge in [0.05, 0.1) is 0 Å². The van der Waals surface area contributed by atoms with Gasteiger partial charge in [-0.2, -0.15) is 0 Å². The van der Waals surface area contributed by atoms with Gasteiger partial charge in [0.2, 0.25) is 0 Å². The summed E-state index contributed by atoms with van der Waals surface area (Å²) >= 11 is 1.87. The second-order valence-corrected chi connectivity index (χ2v) is 7.19. The molecule has 0 bridgehead atoms. The molecule has 0 radical (unpaired) electrons. The van der Waals surface area contributed by atoms with Crippen molar-refractivity contribution in [2.24, 2.45) is 0 Å². The van der Waals surface area contributed by atoms with Gasteiger partial charge in [-0.3, -0.25) is 0 Å². The largest absolute Gasteiger partial charge is 0.127 e. The summed E-state index contributed by atoms with van der Waals surface area (Å²) in [5.74, 6) is 0. The second-order valence-electron chi connectivity index (χ2n) is 5.49. The van der Waals surface area contributed by atoms with Crippen molar-refractivity contribution >= 4 is 17.3 Å². The average Bonchev–Trinajstić information content (AvgIpc) is 2.40. The van der Waals surface area contributed by atoms with E-state index in [-0.39, 0.29) is 4.75 Å². The zero-order valence-electron chi connectivity index (χ0n) is 11.8. The summed E-state index contributed by atoms with van der Waals surface area (Å²) in [5.41, 5.74) is 3.83. The summed E-state index contributed by atoms with van der Waals surface area (Å²) in [5, 5.41) is 2.28. The molecule has 2 rings (SSSR count). The van der Waals surface area contributed by atoms with Gasteiger partial charge in [-0.25, -0.2) is 0 Å². The maximum atomic E-state index is 2.28. The molecule has 0 aliphatic rings. The molecule has 0 atom stereocenters. The monoisotopic (exact) mass is 268 g/mol. The van der Waals surface area contributed by atoms with E-state index < -0.39 is 0 Å². The van der Waals surface area contributed by atoms with E-state index >= 15 is 0 Å². The predicted molar refractivity (Wildman–Crippen MR) is 87.3 cm³/mol. The van der Waals surface area contributed by atoms with Crippen LogP contribution in [0.15, 0.2) is 66.1 Å². The summed E-state index contributed by atoms with van der Waals surface area (Å²) in [4.78, 5) is 0. The predicted octanol–water partition coefficient (Wildman–Crippen LogP) is 5.61. The molecule has 0 N–H and O–H groups in total. The Hall–Kier alpha value is -1.47. The van der Waals surface area contributed by atoms with Crippen LogP contribution >= 0.6 is 11.8 Å². The standard InChI is InChI=1S/C18H20S/c1-18(2,3)19-14-17(15-10-6-4-7-11-15)16-12-8-5-9-13-16/h4-14H,1-3H3. The molecule has 0 unspecified atom stereocenters. The molecule has 0 heterocycles. The molecule has 0 spiro atoms. The molecule has 2 aromatic carbocycles. The van der Waals surface area contributed by atoms with Crippen molar-refractivity contribution in [2.45, 2.75) is 25.5 Å². The molecule has 0 aliphatic carbocycles. The Bertz CT molecular complexity index is 491. The van der Waals surface area contributed by atoms with Crippen LogP contribution < -0.4 is 0 Å². The average molecular weight is 268 g/mol. The Kier molecular flexibility index (Phi) is 4.49. The Balaban J connectivity index is 2.40. The zero-order valence-corrected chi connectivity index (χ0v) is 12.6. The smallest absolute Gasteiger partial charge is 0.0117 e. The summed E-state index contributed by atoms with van der Waals surface area (Å²) in [7, 11) is 0. The van der Waals surface area contributed by atoms with Gasteiger partial charge >= 0.3 is 0 Å². The maximum Gasteiger partial charge on any atom is 0.0117 e. The lowest BCUT2D eigenvalue weighted by Crippen LogP contribution is -2.05. The third kappa shape index (κ3) is 4.29. The molecular formula is C18H20S. The minimum absolute atomic E-state index is 0.231. The van der Waals surface area contributed by atoms with Crippen molar-refractivity contribution in [1.82, 2.24) is 0 Å². The third-order valence-electron chi connectivity index (χ3n) is 2.70. The minimum Gasteiger partial charge on any atom is -0.127 e. The molecular weight excluding hydrogens is 248 g/mol. The van der Waals surface area contributed by atoms with Crippen LogP contribution in [0.4, 0.5) is 0 Å². The zero-order chi connectivity index (χ0) is 13.7. The minimum atomic E-state index is 0.231. The molecule has 2 aromatic rings. The Morgan fingerprint density at radius 2 is 1.21 bits per heavy atom. The van der Waals surface area contributed by atoms with Crippen molar-refractivity contribution < 1.29 is 0 Å². The lowest BCUT2D eigenvalue weighted by atomic mass is 10.00. The summed E-state index contributed by atoms with van der Waals surface area (Å²) in [6.45, 7) is 6.71. The fourth-order valence-electron chi connectivity index (χ4n) is 1.77. The van der Waals surface area contributed by atoms with E-state index in [2.05, 4.69) is 86.8 Å². The van der Waals surface area contributed by atoms with Gasteiger partial charge < -0.3 is 0 Å². The molecule has 19 heavy (non-hydrogen) atoms. The number of thioether (sulfide) groups is 1. The van der Waals surface area contributed by atoms with Crippen LogP contribution in [-0.2, 0) is 0 Å². The van der Waals surface area contributed by atoms with Crippen molar-refractivity contribution in [3.63, 3.8) is 0 Å². The molecule has 0 nitrogen and oxygen atoms in total. The fraction of sp³-hybridized carbons (Fsp3) is 0.222. The van der Waals surface area contributed by atoms with Gasteiger partial charge in [-0.05, 0) is 22.1 Å². The number of hydrogen-bond donors (Lipinski definition) is 0. The van der Waals surface area contributed by atoms with Gasteiger partial charge in [0, 0.05) is 4.75 Å². The van der Waals surface area contributed by atoms with Crippen LogP contribution in [0, 0.1) is 0 Å². The quantitative estimate of drug-likeness (QED) is 0.697. The molecule has 0 saturated carbocycles.